The number of nitrogens with zero attached hydrogens (tertiary/aromatic N) is 2. The number of rotatable bonds is 7. The van der Waals surface area contributed by atoms with E-state index in [0.29, 0.717) is 37.6 Å². The number of amides is 2. The molecule has 1 aliphatic carbocycles. The van der Waals surface area contributed by atoms with Crippen LogP contribution in [0.5, 0.6) is 5.75 Å². The molecular formula is C27H37ClN4O4. The Morgan fingerprint density at radius 3 is 2.50 bits per heavy atom. The second-order valence-corrected chi connectivity index (χ2v) is 10.5. The Morgan fingerprint density at radius 1 is 1.14 bits per heavy atom. The zero-order valence-corrected chi connectivity index (χ0v) is 22.2. The van der Waals surface area contributed by atoms with Crippen molar-refractivity contribution in [1.82, 2.24) is 15.1 Å². The molecule has 4 rings (SSSR count). The van der Waals surface area contributed by atoms with Crippen molar-refractivity contribution < 1.29 is 19.1 Å². The minimum atomic E-state index is -0.253. The fourth-order valence-corrected chi connectivity index (χ4v) is 5.37. The molecule has 1 aromatic carbocycles. The largest absolute Gasteiger partial charge is 0.490 e. The number of hydrogen-bond donors (Lipinski definition) is 2. The molecule has 0 bridgehead atoms. The molecule has 196 valence electrons. The van der Waals surface area contributed by atoms with Crippen LogP contribution in [0.1, 0.15) is 51.5 Å². The van der Waals surface area contributed by atoms with E-state index in [0.717, 1.165) is 48.3 Å². The molecule has 2 amide bonds. The van der Waals surface area contributed by atoms with Gasteiger partial charge < -0.3 is 24.6 Å². The van der Waals surface area contributed by atoms with Gasteiger partial charge in [0.2, 0.25) is 5.91 Å². The molecule has 0 unspecified atom stereocenters. The molecule has 9 heteroatoms. The van der Waals surface area contributed by atoms with Gasteiger partial charge in [0.15, 0.2) is 0 Å². The first-order valence-corrected chi connectivity index (χ1v) is 13.3. The molecule has 2 aliphatic heterocycles. The van der Waals surface area contributed by atoms with E-state index in [9.17, 15) is 9.59 Å². The number of morpholine rings is 1. The van der Waals surface area contributed by atoms with E-state index in [2.05, 4.69) is 5.32 Å². The first-order valence-electron chi connectivity index (χ1n) is 12.9. The predicted molar refractivity (Wildman–Crippen MR) is 140 cm³/mol. The Kier molecular flexibility index (Phi) is 8.57. The highest BCUT2D eigenvalue weighted by Crippen LogP contribution is 2.27. The summed E-state index contributed by atoms with van der Waals surface area (Å²) in [5, 5.41) is 12.5. The Balaban J connectivity index is 1.27. The normalized spacial score (nSPS) is 23.1. The van der Waals surface area contributed by atoms with Crippen molar-refractivity contribution in [3.63, 3.8) is 0 Å². The van der Waals surface area contributed by atoms with E-state index in [1.807, 2.05) is 43.9 Å². The first-order chi connectivity index (χ1) is 17.2. The van der Waals surface area contributed by atoms with Crippen LogP contribution in [0.25, 0.3) is 0 Å². The average molecular weight is 517 g/mol. The van der Waals surface area contributed by atoms with Crippen LogP contribution in [0.15, 0.2) is 29.5 Å². The molecule has 0 saturated carbocycles. The third-order valence-corrected chi connectivity index (χ3v) is 7.54. The van der Waals surface area contributed by atoms with E-state index in [4.69, 9.17) is 26.5 Å². The molecule has 2 fully saturated rings. The second kappa shape index (κ2) is 11.6. The van der Waals surface area contributed by atoms with E-state index < -0.39 is 0 Å². The third-order valence-electron chi connectivity index (χ3n) is 7.13. The Hall–Kier alpha value is -2.58. The number of allylic oxidation sites excluding steroid dienone is 1. The minimum Gasteiger partial charge on any atom is -0.490 e. The number of halogens is 1. The zero-order valence-electron chi connectivity index (χ0n) is 21.4. The molecule has 0 radical (unpaired) electrons. The van der Waals surface area contributed by atoms with Gasteiger partial charge in [-0.25, -0.2) is 0 Å². The summed E-state index contributed by atoms with van der Waals surface area (Å²) in [4.78, 5) is 29.4. The van der Waals surface area contributed by atoms with Crippen LogP contribution in [0.4, 0.5) is 0 Å². The highest BCUT2D eigenvalue weighted by Gasteiger charge is 2.31. The maximum atomic E-state index is 13.0. The summed E-state index contributed by atoms with van der Waals surface area (Å²) in [5.74, 6) is 0.534. The smallest absolute Gasteiger partial charge is 0.272 e. The van der Waals surface area contributed by atoms with Gasteiger partial charge in [-0.15, -0.1) is 0 Å². The highest BCUT2D eigenvalue weighted by atomic mass is 35.5. The van der Waals surface area contributed by atoms with Crippen LogP contribution in [0, 0.1) is 12.3 Å². The number of hydrogen-bond acceptors (Lipinski definition) is 6. The summed E-state index contributed by atoms with van der Waals surface area (Å²) < 4.78 is 11.8. The summed E-state index contributed by atoms with van der Waals surface area (Å²) in [6, 6.07) is 5.72. The van der Waals surface area contributed by atoms with Crippen LogP contribution >= 0.6 is 11.6 Å². The molecule has 8 nitrogen and oxygen atoms in total. The molecule has 0 aromatic heterocycles. The topological polar surface area (TPSA) is 95.0 Å². The Labute approximate surface area is 218 Å². The van der Waals surface area contributed by atoms with Crippen molar-refractivity contribution in [1.29, 1.82) is 5.41 Å². The molecule has 1 aromatic rings. The first kappa shape index (κ1) is 26.5. The van der Waals surface area contributed by atoms with Gasteiger partial charge in [0.05, 0.1) is 18.8 Å². The number of aryl methyl sites for hydroxylation is 1. The van der Waals surface area contributed by atoms with Crippen molar-refractivity contribution in [3.05, 3.63) is 40.1 Å². The van der Waals surface area contributed by atoms with Gasteiger partial charge in [-0.05, 0) is 57.7 Å². The number of carbonyl (C=O) groups excluding carboxylic acids is 2. The lowest BCUT2D eigenvalue weighted by Crippen LogP contribution is -2.50. The quantitative estimate of drug-likeness (QED) is 0.539. The predicted octanol–water partition coefficient (Wildman–Crippen LogP) is 3.70. The monoisotopic (exact) mass is 516 g/mol. The fraction of sp³-hybridized carbons (Fsp3) is 0.593. The van der Waals surface area contributed by atoms with Crippen molar-refractivity contribution in [3.8, 4) is 5.75 Å². The standard InChI is InChI=1S/C27H37ClN4O4/c1-17-7-8-21(13-23(17)28)36-20-9-11-31(12-10-20)25(33)14-30-24-6-4-5-22(24)26(29)27(34)32-15-18(2)35-19(3)16-32/h7-8,13,18-20,29-30H,4-6,9-12,14-16H2,1-3H3/t18-,19+. The van der Waals surface area contributed by atoms with Gasteiger partial charge in [0, 0.05) is 55.3 Å². The summed E-state index contributed by atoms with van der Waals surface area (Å²) in [6.45, 7) is 8.29. The van der Waals surface area contributed by atoms with Gasteiger partial charge in [0.1, 0.15) is 17.6 Å². The maximum Gasteiger partial charge on any atom is 0.272 e. The molecule has 2 heterocycles. The van der Waals surface area contributed by atoms with Crippen molar-refractivity contribution >= 4 is 29.1 Å². The van der Waals surface area contributed by atoms with E-state index in [1.54, 1.807) is 4.90 Å². The van der Waals surface area contributed by atoms with Crippen LogP contribution < -0.4 is 10.1 Å². The van der Waals surface area contributed by atoms with Gasteiger partial charge in [-0.1, -0.05) is 17.7 Å². The van der Waals surface area contributed by atoms with Gasteiger partial charge in [0.25, 0.3) is 5.91 Å². The van der Waals surface area contributed by atoms with Crippen molar-refractivity contribution in [2.45, 2.75) is 71.2 Å². The second-order valence-electron chi connectivity index (χ2n) is 10.1. The number of likely N-dealkylation sites (tertiary alicyclic amines) is 1. The fourth-order valence-electron chi connectivity index (χ4n) is 5.20. The minimum absolute atomic E-state index is 0.0271. The number of nitrogens with one attached hydrogen (secondary N) is 2. The van der Waals surface area contributed by atoms with Crippen LogP contribution in [-0.4, -0.2) is 78.4 Å². The SMILES string of the molecule is Cc1ccc(OC2CCN(C(=O)CNC3=C(C(=N)C(=O)N4C[C@@H](C)O[C@@H](C)C4)CCC3)CC2)cc1Cl. The summed E-state index contributed by atoms with van der Waals surface area (Å²) >= 11 is 6.20. The number of benzene rings is 1. The van der Waals surface area contributed by atoms with Crippen molar-refractivity contribution in [2.75, 3.05) is 32.7 Å². The molecule has 0 spiro atoms. The molecule has 3 aliphatic rings. The van der Waals surface area contributed by atoms with Crippen molar-refractivity contribution in [2.24, 2.45) is 0 Å². The average Bonchev–Trinajstić information content (AvgIpc) is 3.32. The summed E-state index contributed by atoms with van der Waals surface area (Å²) in [7, 11) is 0. The number of piperidine rings is 1. The molecule has 2 saturated heterocycles. The lowest BCUT2D eigenvalue weighted by molar-refractivity contribution is -0.136. The van der Waals surface area contributed by atoms with Gasteiger partial charge in [-0.2, -0.15) is 0 Å². The van der Waals surface area contributed by atoms with E-state index in [1.165, 1.54) is 0 Å². The summed E-state index contributed by atoms with van der Waals surface area (Å²) in [5.41, 5.74) is 2.65. The van der Waals surface area contributed by atoms with Crippen LogP contribution in [0.2, 0.25) is 5.02 Å². The number of ether oxygens (including phenoxy) is 2. The van der Waals surface area contributed by atoms with E-state index >= 15 is 0 Å². The molecule has 2 N–H and O–H groups in total. The zero-order chi connectivity index (χ0) is 25.8. The molecule has 36 heavy (non-hydrogen) atoms. The van der Waals surface area contributed by atoms with E-state index in [-0.39, 0.29) is 42.4 Å². The Bertz CT molecular complexity index is 1020. The number of carbonyl (C=O) groups is 2. The van der Waals surface area contributed by atoms with Gasteiger partial charge >= 0.3 is 0 Å². The maximum absolute atomic E-state index is 13.0. The highest BCUT2D eigenvalue weighted by molar-refractivity contribution is 6.44. The molecular weight excluding hydrogens is 480 g/mol. The third kappa shape index (κ3) is 6.40. The van der Waals surface area contributed by atoms with Gasteiger partial charge in [-0.3, -0.25) is 15.0 Å². The Morgan fingerprint density at radius 2 is 1.83 bits per heavy atom. The van der Waals surface area contributed by atoms with Crippen LogP contribution in [-0.2, 0) is 14.3 Å². The lowest BCUT2D eigenvalue weighted by atomic mass is 10.1. The van der Waals surface area contributed by atoms with Crippen LogP contribution in [0.3, 0.4) is 0 Å². The summed E-state index contributed by atoms with van der Waals surface area (Å²) in [6.07, 6.45) is 3.82. The molecule has 2 atom stereocenters. The lowest BCUT2D eigenvalue weighted by Gasteiger charge is -2.35.